The first-order valence-corrected chi connectivity index (χ1v) is 6.54. The Labute approximate surface area is 103 Å². The van der Waals surface area contributed by atoms with Crippen LogP contribution in [0, 0.1) is 0 Å². The minimum absolute atomic E-state index is 0. The van der Waals surface area contributed by atoms with Crippen LogP contribution >= 0.6 is 0 Å². The van der Waals surface area contributed by atoms with Crippen LogP contribution in [-0.2, 0) is 3.74 Å². The fourth-order valence-electron chi connectivity index (χ4n) is 0. The van der Waals surface area contributed by atoms with E-state index in [4.69, 9.17) is 0 Å². The summed E-state index contributed by atoms with van der Waals surface area (Å²) in [4.78, 5) is 0. The molecule has 2 nitrogen and oxygen atoms in total. The smallest absolute Gasteiger partial charge is 1.00 e. The topological polar surface area (TPSA) is 40.1 Å². The van der Waals surface area contributed by atoms with Crippen LogP contribution in [-0.4, -0.2) is 13.8 Å². The Bertz CT molecular complexity index is 64.2. The standard InChI is InChI=1S/C2H7AsO2.ClH.2Na/c1-3(2,4)5;;;/h1-2H3,(H,4,5);1H;;/q;;2*+1/p-2. The van der Waals surface area contributed by atoms with Crippen molar-refractivity contribution in [2.24, 2.45) is 0 Å². The second kappa shape index (κ2) is 9.61. The normalized spacial score (nSPS) is 7.38. The summed E-state index contributed by atoms with van der Waals surface area (Å²) in [7, 11) is 0. The molecule has 0 aromatic rings. The third kappa shape index (κ3) is 73.2. The van der Waals surface area contributed by atoms with E-state index in [1.54, 1.807) is 0 Å². The largest absolute Gasteiger partial charge is 1.00 e. The van der Waals surface area contributed by atoms with E-state index < -0.39 is 13.8 Å². The van der Waals surface area contributed by atoms with Crippen LogP contribution in [0.4, 0.5) is 0 Å². The molecular weight excluding hydrogens is 212 g/mol. The van der Waals surface area contributed by atoms with E-state index in [0.29, 0.717) is 0 Å². The maximum atomic E-state index is 9.72. The molecule has 0 spiro atoms. The number of rotatable bonds is 0. The molecule has 0 amide bonds. The zero-order chi connectivity index (χ0) is 4.50. The van der Waals surface area contributed by atoms with Crippen molar-refractivity contribution in [3.63, 3.8) is 0 Å². The minimum Gasteiger partial charge on any atom is -1.00 e. The van der Waals surface area contributed by atoms with Gasteiger partial charge in [0.05, 0.1) is 0 Å². The van der Waals surface area contributed by atoms with E-state index in [1.165, 1.54) is 11.4 Å². The van der Waals surface area contributed by atoms with E-state index in [1.807, 2.05) is 0 Å². The maximum Gasteiger partial charge on any atom is 1.00 e. The summed E-state index contributed by atoms with van der Waals surface area (Å²) in [5, 5.41) is 0. The average Bonchev–Trinajstić information content (AvgIpc) is 0.722. The molecule has 0 saturated carbocycles. The molecule has 40 valence electrons. The van der Waals surface area contributed by atoms with E-state index in [-0.39, 0.29) is 71.5 Å². The van der Waals surface area contributed by atoms with Gasteiger partial charge >= 0.3 is 92.2 Å². The molecule has 0 aromatic carbocycles. The molecule has 0 unspecified atom stereocenters. The van der Waals surface area contributed by atoms with Crippen molar-refractivity contribution in [2.45, 2.75) is 11.4 Å². The van der Waals surface area contributed by atoms with Gasteiger partial charge in [0.2, 0.25) is 0 Å². The fraction of sp³-hybridized carbons (Fsp3) is 1.00. The molecular formula is C2H6AsClNa2O2. The average molecular weight is 218 g/mol. The van der Waals surface area contributed by atoms with Crippen LogP contribution in [0.15, 0.2) is 0 Å². The Balaban J connectivity index is -0.0000000267. The zero-order valence-corrected chi connectivity index (χ0v) is 12.3. The van der Waals surface area contributed by atoms with E-state index in [2.05, 4.69) is 0 Å². The Hall–Kier alpha value is 2.61. The van der Waals surface area contributed by atoms with Gasteiger partial charge in [0, 0.05) is 0 Å². The van der Waals surface area contributed by atoms with Crippen molar-refractivity contribution in [3.8, 4) is 0 Å². The molecule has 0 radical (unpaired) electrons. The summed E-state index contributed by atoms with van der Waals surface area (Å²) in [6.07, 6.45) is 0. The number of hydrogen-bond acceptors (Lipinski definition) is 2. The molecule has 0 fully saturated rings. The van der Waals surface area contributed by atoms with Gasteiger partial charge in [-0.2, -0.15) is 0 Å². The van der Waals surface area contributed by atoms with Crippen molar-refractivity contribution in [3.05, 3.63) is 0 Å². The van der Waals surface area contributed by atoms with Gasteiger partial charge in [-0.05, 0) is 0 Å². The first-order chi connectivity index (χ1) is 2.00. The van der Waals surface area contributed by atoms with E-state index in [0.717, 1.165) is 0 Å². The van der Waals surface area contributed by atoms with Gasteiger partial charge in [-0.1, -0.05) is 0 Å². The second-order valence-corrected chi connectivity index (χ2v) is 6.51. The predicted octanol–water partition coefficient (Wildman–Crippen LogP) is -9.51. The van der Waals surface area contributed by atoms with Crippen LogP contribution in [0.2, 0.25) is 11.4 Å². The molecule has 0 saturated heterocycles. The monoisotopic (exact) mass is 218 g/mol. The molecule has 0 bridgehead atoms. The first-order valence-electron chi connectivity index (χ1n) is 1.26. The van der Waals surface area contributed by atoms with Gasteiger partial charge in [0.25, 0.3) is 0 Å². The van der Waals surface area contributed by atoms with Gasteiger partial charge in [0.15, 0.2) is 0 Å². The molecule has 8 heavy (non-hydrogen) atoms. The molecule has 0 atom stereocenters. The summed E-state index contributed by atoms with van der Waals surface area (Å²) in [5.74, 6) is 0. The Morgan fingerprint density at radius 2 is 1.25 bits per heavy atom. The minimum atomic E-state index is -3.38. The molecule has 0 rings (SSSR count). The summed E-state index contributed by atoms with van der Waals surface area (Å²) < 4.78 is 19.4. The van der Waals surface area contributed by atoms with Crippen LogP contribution in [0.3, 0.4) is 0 Å². The molecule has 0 N–H and O–H groups in total. The molecule has 0 aliphatic rings. The summed E-state index contributed by atoms with van der Waals surface area (Å²) in [5.41, 5.74) is 2.50. The third-order valence-electron chi connectivity index (χ3n) is 0. The Kier molecular flexibility index (Phi) is 26.9. The zero-order valence-electron chi connectivity index (χ0n) is 5.64. The summed E-state index contributed by atoms with van der Waals surface area (Å²) in [6, 6.07) is 0. The van der Waals surface area contributed by atoms with Gasteiger partial charge < -0.3 is 12.4 Å². The molecule has 0 aliphatic heterocycles. The van der Waals surface area contributed by atoms with Gasteiger partial charge in [-0.25, -0.2) is 0 Å². The van der Waals surface area contributed by atoms with Crippen molar-refractivity contribution in [1.29, 1.82) is 0 Å². The van der Waals surface area contributed by atoms with Crippen LogP contribution in [0.5, 0.6) is 0 Å². The van der Waals surface area contributed by atoms with Gasteiger partial charge in [-0.3, -0.25) is 0 Å². The molecule has 6 heteroatoms. The third-order valence-corrected chi connectivity index (χ3v) is 0. The molecule has 0 aromatic heterocycles. The van der Waals surface area contributed by atoms with Crippen LogP contribution < -0.4 is 75.6 Å². The van der Waals surface area contributed by atoms with Crippen molar-refractivity contribution in [1.82, 2.24) is 0 Å². The van der Waals surface area contributed by atoms with Crippen LogP contribution in [0.1, 0.15) is 0 Å². The number of hydrogen-bond donors (Lipinski definition) is 0. The Morgan fingerprint density at radius 1 is 1.25 bits per heavy atom. The summed E-state index contributed by atoms with van der Waals surface area (Å²) in [6.45, 7) is 0. The summed E-state index contributed by atoms with van der Waals surface area (Å²) >= 11 is -3.38. The Morgan fingerprint density at radius 3 is 1.25 bits per heavy atom. The van der Waals surface area contributed by atoms with Crippen molar-refractivity contribution < 1.29 is 79.4 Å². The quantitative estimate of drug-likeness (QED) is 0.379. The van der Waals surface area contributed by atoms with Gasteiger partial charge in [-0.15, -0.1) is 0 Å². The fourth-order valence-corrected chi connectivity index (χ4v) is 0. The van der Waals surface area contributed by atoms with Crippen molar-refractivity contribution in [2.75, 3.05) is 0 Å². The second-order valence-electron chi connectivity index (χ2n) is 1.25. The first kappa shape index (κ1) is 22.4. The molecule has 0 heterocycles. The van der Waals surface area contributed by atoms with E-state index in [9.17, 15) is 7.84 Å². The predicted molar refractivity (Wildman–Crippen MR) is 18.2 cm³/mol. The van der Waals surface area contributed by atoms with Crippen LogP contribution in [0.25, 0.3) is 0 Å². The molecule has 0 aliphatic carbocycles. The maximum absolute atomic E-state index is 9.72. The SMILES string of the molecule is C[As](C)(=O)[O-].[Cl-].[Na+].[Na+]. The van der Waals surface area contributed by atoms with Gasteiger partial charge in [0.1, 0.15) is 0 Å². The number of halogens is 1. The van der Waals surface area contributed by atoms with E-state index >= 15 is 0 Å². The van der Waals surface area contributed by atoms with Crippen molar-refractivity contribution >= 4 is 13.8 Å².